The summed E-state index contributed by atoms with van der Waals surface area (Å²) in [6.07, 6.45) is 1.14. The van der Waals surface area contributed by atoms with Gasteiger partial charge in [-0.3, -0.25) is 4.90 Å². The number of hydrogen-bond donors (Lipinski definition) is 1. The lowest BCUT2D eigenvalue weighted by Gasteiger charge is -2.38. The molecule has 2 rings (SSSR count). The van der Waals surface area contributed by atoms with E-state index < -0.39 is 11.8 Å². The zero-order chi connectivity index (χ0) is 14.7. The van der Waals surface area contributed by atoms with E-state index in [1.54, 1.807) is 6.07 Å². The zero-order valence-corrected chi connectivity index (χ0v) is 11.8. The summed E-state index contributed by atoms with van der Waals surface area (Å²) in [5, 5.41) is 8.96. The van der Waals surface area contributed by atoms with Crippen LogP contribution in [0.5, 0.6) is 0 Å². The van der Waals surface area contributed by atoms with Crippen LogP contribution >= 0.6 is 0 Å². The summed E-state index contributed by atoms with van der Waals surface area (Å²) in [7, 11) is 0. The Morgan fingerprint density at radius 1 is 1.55 bits per heavy atom. The first kappa shape index (κ1) is 14.9. The maximum atomic E-state index is 13.4. The number of nitrogens with zero attached hydrogens (tertiary/aromatic N) is 1. The molecule has 1 aromatic carbocycles. The SMILES string of the molecule is CCC1COC(C)CN1Cc1ccc(F)c(C(=O)O)c1. The standard InChI is InChI=1S/C15H20FNO3/c1-3-12-9-20-10(2)7-17(12)8-11-4-5-14(16)13(6-11)15(18)19/h4-6,10,12H,3,7-9H2,1-2H3,(H,18,19). The first-order chi connectivity index (χ1) is 9.51. The number of halogens is 1. The first-order valence-electron chi connectivity index (χ1n) is 6.88. The third-order valence-electron chi connectivity index (χ3n) is 3.70. The summed E-state index contributed by atoms with van der Waals surface area (Å²) < 4.78 is 19.0. The fourth-order valence-corrected chi connectivity index (χ4v) is 2.55. The molecular weight excluding hydrogens is 261 g/mol. The van der Waals surface area contributed by atoms with Crippen LogP contribution in [0.1, 0.15) is 36.2 Å². The Labute approximate surface area is 118 Å². The fraction of sp³-hybridized carbons (Fsp3) is 0.533. The highest BCUT2D eigenvalue weighted by Gasteiger charge is 2.25. The number of aromatic carboxylic acids is 1. The number of carboxylic acid groups (broad SMARTS) is 1. The quantitative estimate of drug-likeness (QED) is 0.921. The average Bonchev–Trinajstić information content (AvgIpc) is 2.41. The van der Waals surface area contributed by atoms with Crippen molar-refractivity contribution in [2.24, 2.45) is 0 Å². The van der Waals surface area contributed by atoms with Gasteiger partial charge in [0.2, 0.25) is 0 Å². The number of hydrogen-bond acceptors (Lipinski definition) is 3. The maximum absolute atomic E-state index is 13.4. The second kappa shape index (κ2) is 6.33. The van der Waals surface area contributed by atoms with Gasteiger partial charge in [-0.1, -0.05) is 13.0 Å². The molecule has 1 heterocycles. The van der Waals surface area contributed by atoms with Gasteiger partial charge >= 0.3 is 5.97 Å². The van der Waals surface area contributed by atoms with Crippen LogP contribution in [0.4, 0.5) is 4.39 Å². The number of ether oxygens (including phenoxy) is 1. The molecule has 2 atom stereocenters. The van der Waals surface area contributed by atoms with Crippen molar-refractivity contribution in [2.45, 2.75) is 39.0 Å². The molecule has 110 valence electrons. The Kier molecular flexibility index (Phi) is 4.73. The average molecular weight is 281 g/mol. The summed E-state index contributed by atoms with van der Waals surface area (Å²) in [4.78, 5) is 13.2. The van der Waals surface area contributed by atoms with Crippen LogP contribution in [0.3, 0.4) is 0 Å². The molecule has 0 aromatic heterocycles. The van der Waals surface area contributed by atoms with Gasteiger partial charge in [0, 0.05) is 19.1 Å². The molecule has 1 fully saturated rings. The first-order valence-corrected chi connectivity index (χ1v) is 6.88. The summed E-state index contributed by atoms with van der Waals surface area (Å²) in [5.74, 6) is -1.92. The minimum absolute atomic E-state index is 0.164. The molecule has 0 spiro atoms. The van der Waals surface area contributed by atoms with Crippen LogP contribution in [0.15, 0.2) is 18.2 Å². The van der Waals surface area contributed by atoms with Crippen LogP contribution in [-0.2, 0) is 11.3 Å². The lowest BCUT2D eigenvalue weighted by Crippen LogP contribution is -2.47. The second-order valence-electron chi connectivity index (χ2n) is 5.25. The molecular formula is C15H20FNO3. The molecule has 0 aliphatic carbocycles. The minimum atomic E-state index is -1.23. The van der Waals surface area contributed by atoms with Crippen molar-refractivity contribution in [3.63, 3.8) is 0 Å². The number of benzene rings is 1. The van der Waals surface area contributed by atoms with Gasteiger partial charge in [0.15, 0.2) is 0 Å². The van der Waals surface area contributed by atoms with E-state index in [4.69, 9.17) is 9.84 Å². The summed E-state index contributed by atoms with van der Waals surface area (Å²) in [5.41, 5.74) is 0.549. The van der Waals surface area contributed by atoms with E-state index in [2.05, 4.69) is 11.8 Å². The molecule has 1 aliphatic heterocycles. The van der Waals surface area contributed by atoms with Gasteiger partial charge in [0.1, 0.15) is 5.82 Å². The van der Waals surface area contributed by atoms with E-state index in [0.717, 1.165) is 18.5 Å². The molecule has 1 aromatic rings. The predicted octanol–water partition coefficient (Wildman–Crippen LogP) is 2.52. The monoisotopic (exact) mass is 281 g/mol. The van der Waals surface area contributed by atoms with Gasteiger partial charge in [-0.2, -0.15) is 0 Å². The van der Waals surface area contributed by atoms with Gasteiger partial charge in [0.25, 0.3) is 0 Å². The summed E-state index contributed by atoms with van der Waals surface area (Å²) >= 11 is 0. The number of morpholine rings is 1. The van der Waals surface area contributed by atoms with Crippen LogP contribution in [0, 0.1) is 5.82 Å². The van der Waals surface area contributed by atoms with E-state index in [0.29, 0.717) is 19.2 Å². The minimum Gasteiger partial charge on any atom is -0.478 e. The van der Waals surface area contributed by atoms with E-state index in [1.807, 2.05) is 6.92 Å². The third-order valence-corrected chi connectivity index (χ3v) is 3.70. The van der Waals surface area contributed by atoms with Crippen molar-refractivity contribution in [3.05, 3.63) is 35.1 Å². The predicted molar refractivity (Wildman–Crippen MR) is 73.3 cm³/mol. The van der Waals surface area contributed by atoms with Crippen molar-refractivity contribution < 1.29 is 19.0 Å². The largest absolute Gasteiger partial charge is 0.478 e. The van der Waals surface area contributed by atoms with E-state index in [-0.39, 0.29) is 11.7 Å². The zero-order valence-electron chi connectivity index (χ0n) is 11.8. The third kappa shape index (κ3) is 3.35. The molecule has 0 bridgehead atoms. The Balaban J connectivity index is 2.15. The normalized spacial score (nSPS) is 23.8. The number of rotatable bonds is 4. The van der Waals surface area contributed by atoms with Gasteiger partial charge in [-0.05, 0) is 31.0 Å². The molecule has 0 radical (unpaired) electrons. The molecule has 0 amide bonds. The van der Waals surface area contributed by atoms with Gasteiger partial charge in [-0.15, -0.1) is 0 Å². The molecule has 20 heavy (non-hydrogen) atoms. The summed E-state index contributed by atoms with van der Waals surface area (Å²) in [6.45, 7) is 6.23. The Bertz CT molecular complexity index is 492. The molecule has 0 saturated carbocycles. The molecule has 5 heteroatoms. The molecule has 1 saturated heterocycles. The molecule has 4 nitrogen and oxygen atoms in total. The molecule has 1 aliphatic rings. The Morgan fingerprint density at radius 3 is 2.95 bits per heavy atom. The Morgan fingerprint density at radius 2 is 2.30 bits per heavy atom. The van der Waals surface area contributed by atoms with E-state index >= 15 is 0 Å². The second-order valence-corrected chi connectivity index (χ2v) is 5.25. The van der Waals surface area contributed by atoms with Crippen molar-refractivity contribution >= 4 is 5.97 Å². The van der Waals surface area contributed by atoms with Gasteiger partial charge in [-0.25, -0.2) is 9.18 Å². The highest BCUT2D eigenvalue weighted by atomic mass is 19.1. The molecule has 1 N–H and O–H groups in total. The van der Waals surface area contributed by atoms with Crippen molar-refractivity contribution in [1.29, 1.82) is 0 Å². The summed E-state index contributed by atoms with van der Waals surface area (Å²) in [6, 6.07) is 4.62. The fourth-order valence-electron chi connectivity index (χ4n) is 2.55. The van der Waals surface area contributed by atoms with Crippen LogP contribution in [0.2, 0.25) is 0 Å². The van der Waals surface area contributed by atoms with Crippen LogP contribution in [0.25, 0.3) is 0 Å². The van der Waals surface area contributed by atoms with Crippen molar-refractivity contribution in [1.82, 2.24) is 4.90 Å². The number of carboxylic acids is 1. The smallest absolute Gasteiger partial charge is 0.338 e. The van der Waals surface area contributed by atoms with Crippen molar-refractivity contribution in [3.8, 4) is 0 Å². The van der Waals surface area contributed by atoms with E-state index in [9.17, 15) is 9.18 Å². The highest BCUT2D eigenvalue weighted by molar-refractivity contribution is 5.88. The highest BCUT2D eigenvalue weighted by Crippen LogP contribution is 2.19. The molecule has 2 unspecified atom stereocenters. The van der Waals surface area contributed by atoms with Gasteiger partial charge in [0.05, 0.1) is 18.3 Å². The van der Waals surface area contributed by atoms with Crippen molar-refractivity contribution in [2.75, 3.05) is 13.2 Å². The van der Waals surface area contributed by atoms with Gasteiger partial charge < -0.3 is 9.84 Å². The lowest BCUT2D eigenvalue weighted by molar-refractivity contribution is -0.0592. The topological polar surface area (TPSA) is 49.8 Å². The number of carbonyl (C=O) groups is 1. The van der Waals surface area contributed by atoms with Crippen LogP contribution in [-0.4, -0.2) is 41.3 Å². The maximum Gasteiger partial charge on any atom is 0.338 e. The lowest BCUT2D eigenvalue weighted by atomic mass is 10.1. The van der Waals surface area contributed by atoms with Crippen LogP contribution < -0.4 is 0 Å². The van der Waals surface area contributed by atoms with E-state index in [1.165, 1.54) is 12.1 Å². The Hall–Kier alpha value is -1.46.